The molecule has 0 saturated carbocycles. The predicted molar refractivity (Wildman–Crippen MR) is 264 cm³/mol. The van der Waals surface area contributed by atoms with Gasteiger partial charge in [-0.05, 0) is 67.8 Å². The van der Waals surface area contributed by atoms with Gasteiger partial charge in [0.15, 0.2) is 10.3 Å². The summed E-state index contributed by atoms with van der Waals surface area (Å²) >= 11 is 12.8. The quantitative estimate of drug-likeness (QED) is 0.0752. The summed E-state index contributed by atoms with van der Waals surface area (Å²) in [4.78, 5) is 12.3. The molecule has 0 unspecified atom stereocenters. The highest BCUT2D eigenvalue weighted by molar-refractivity contribution is 6.30. The SMILES string of the molecule is CCCCc1nc(Cl)c(CO)n1Cc1ccc(-c2ccccc2-c2nnn(Cc3ccc(Cn4nnc(-c5ccccc5-c5ccc(Cn6c(CCCC)nc(Cl)c6CO)cc5)n4)cc3)n2)cc1. The molecule has 5 aromatic carbocycles. The number of imidazole rings is 2. The van der Waals surface area contributed by atoms with E-state index < -0.39 is 0 Å². The minimum Gasteiger partial charge on any atom is -0.390 e. The maximum absolute atomic E-state index is 10.0. The number of aryl methyl sites for hydroxylation is 2. The van der Waals surface area contributed by atoms with Crippen LogP contribution in [0.25, 0.3) is 45.0 Å². The van der Waals surface area contributed by atoms with Gasteiger partial charge in [0, 0.05) is 37.1 Å². The Morgan fingerprint density at radius 1 is 0.456 bits per heavy atom. The van der Waals surface area contributed by atoms with Crippen molar-refractivity contribution in [2.75, 3.05) is 0 Å². The smallest absolute Gasteiger partial charge is 0.205 e. The van der Waals surface area contributed by atoms with Crippen molar-refractivity contribution < 1.29 is 10.2 Å². The second-order valence-corrected chi connectivity index (χ2v) is 17.5. The van der Waals surface area contributed by atoms with Crippen molar-refractivity contribution in [3.63, 3.8) is 0 Å². The number of aliphatic hydroxyl groups excluding tert-OH is 2. The minimum atomic E-state index is -0.165. The van der Waals surface area contributed by atoms with Gasteiger partial charge in [-0.1, -0.05) is 171 Å². The van der Waals surface area contributed by atoms with Crippen LogP contribution >= 0.6 is 23.2 Å². The number of hydrogen-bond donors (Lipinski definition) is 2. The van der Waals surface area contributed by atoms with E-state index in [1.54, 1.807) is 9.59 Å². The molecule has 0 fully saturated rings. The monoisotopic (exact) mass is 946 g/mol. The molecular formula is C52H52Cl2N12O2. The van der Waals surface area contributed by atoms with Gasteiger partial charge in [-0.2, -0.15) is 9.59 Å². The molecule has 0 spiro atoms. The van der Waals surface area contributed by atoms with E-state index in [2.05, 4.69) is 129 Å². The Labute approximate surface area is 404 Å². The fourth-order valence-electron chi connectivity index (χ4n) is 8.45. The standard InChI is InChI=1S/C52H52Cl2N12O2/c1-3-5-15-47-55-49(53)45(33-67)63(47)29-35-21-25-39(26-22-35)41-11-7-9-13-43(41)51-57-61-65(59-51)31-37-17-19-38(20-18-37)32-66-60-52(58-62-66)44-14-10-8-12-42(44)40-27-23-36(24-28-40)30-64-46(34-68)50(54)56-48(64)16-6-4-2/h7-14,17-28,67-68H,3-6,15-16,29-34H2,1-2H3. The Morgan fingerprint density at radius 3 is 1.18 bits per heavy atom. The van der Waals surface area contributed by atoms with Crippen LogP contribution in [0.3, 0.4) is 0 Å². The van der Waals surface area contributed by atoms with E-state index in [4.69, 9.17) is 33.4 Å². The number of unbranched alkanes of at least 4 members (excludes halogenated alkanes) is 2. The molecule has 4 aromatic heterocycles. The van der Waals surface area contributed by atoms with E-state index in [1.165, 1.54) is 0 Å². The zero-order valence-corrected chi connectivity index (χ0v) is 39.6. The van der Waals surface area contributed by atoms with Gasteiger partial charge >= 0.3 is 0 Å². The summed E-state index contributed by atoms with van der Waals surface area (Å²) in [6, 6.07) is 41.1. The summed E-state index contributed by atoms with van der Waals surface area (Å²) in [6.07, 6.45) is 5.71. The molecular weight excluding hydrogens is 896 g/mol. The van der Waals surface area contributed by atoms with Crippen molar-refractivity contribution in [2.45, 2.75) is 91.8 Å². The zero-order valence-electron chi connectivity index (χ0n) is 38.0. The van der Waals surface area contributed by atoms with E-state index in [9.17, 15) is 10.2 Å². The van der Waals surface area contributed by atoms with Crippen molar-refractivity contribution in [3.05, 3.63) is 177 Å². The maximum Gasteiger partial charge on any atom is 0.205 e. The van der Waals surface area contributed by atoms with Gasteiger partial charge in [0.25, 0.3) is 0 Å². The van der Waals surface area contributed by atoms with Crippen LogP contribution < -0.4 is 0 Å². The Balaban J connectivity index is 0.836. The lowest BCUT2D eigenvalue weighted by Gasteiger charge is -2.12. The third-order valence-corrected chi connectivity index (χ3v) is 12.7. The first-order chi connectivity index (χ1) is 33.3. The summed E-state index contributed by atoms with van der Waals surface area (Å²) in [6.45, 7) is 6.00. The number of aliphatic hydroxyl groups is 2. The number of rotatable bonds is 20. The predicted octanol–water partition coefficient (Wildman–Crippen LogP) is 9.89. The van der Waals surface area contributed by atoms with E-state index in [0.717, 1.165) is 106 Å². The highest BCUT2D eigenvalue weighted by atomic mass is 35.5. The normalized spacial score (nSPS) is 11.5. The van der Waals surface area contributed by atoms with Crippen molar-refractivity contribution in [1.29, 1.82) is 0 Å². The molecule has 0 aliphatic rings. The molecule has 346 valence electrons. The van der Waals surface area contributed by atoms with Gasteiger partial charge < -0.3 is 19.3 Å². The molecule has 0 atom stereocenters. The highest BCUT2D eigenvalue weighted by Gasteiger charge is 2.19. The first kappa shape index (κ1) is 46.3. The number of benzene rings is 5. The maximum atomic E-state index is 10.0. The molecule has 0 aliphatic heterocycles. The Hall–Kier alpha value is -6.84. The molecule has 9 aromatic rings. The van der Waals surface area contributed by atoms with E-state index in [0.29, 0.717) is 59.5 Å². The van der Waals surface area contributed by atoms with E-state index >= 15 is 0 Å². The molecule has 9 rings (SSSR count). The van der Waals surface area contributed by atoms with Crippen LogP contribution in [0.1, 0.15) is 84.8 Å². The van der Waals surface area contributed by atoms with Crippen LogP contribution in [0.15, 0.2) is 121 Å². The van der Waals surface area contributed by atoms with Crippen LogP contribution in [0.4, 0.5) is 0 Å². The van der Waals surface area contributed by atoms with Gasteiger partial charge in [0.2, 0.25) is 11.6 Å². The fourth-order valence-corrected chi connectivity index (χ4v) is 8.97. The summed E-state index contributed by atoms with van der Waals surface area (Å²) < 4.78 is 4.07. The van der Waals surface area contributed by atoms with Gasteiger partial charge in [-0.15, -0.1) is 20.4 Å². The molecule has 14 nitrogen and oxygen atoms in total. The topological polar surface area (TPSA) is 163 Å². The lowest BCUT2D eigenvalue weighted by molar-refractivity contribution is 0.271. The summed E-state index contributed by atoms with van der Waals surface area (Å²) in [5.74, 6) is 2.86. The second kappa shape index (κ2) is 21.4. The number of tetrazole rings is 2. The fraction of sp³-hybridized carbons (Fsp3) is 0.269. The second-order valence-electron chi connectivity index (χ2n) is 16.8. The molecule has 0 bridgehead atoms. The lowest BCUT2D eigenvalue weighted by Crippen LogP contribution is -2.09. The van der Waals surface area contributed by atoms with Crippen molar-refractivity contribution in [2.24, 2.45) is 0 Å². The molecule has 2 N–H and O–H groups in total. The number of halogens is 2. The largest absolute Gasteiger partial charge is 0.390 e. The van der Waals surface area contributed by atoms with Gasteiger partial charge in [-0.25, -0.2) is 9.97 Å². The molecule has 0 saturated heterocycles. The number of nitrogens with zero attached hydrogens (tertiary/aromatic N) is 12. The third-order valence-electron chi connectivity index (χ3n) is 12.1. The van der Waals surface area contributed by atoms with Gasteiger partial charge in [-0.3, -0.25) is 0 Å². The van der Waals surface area contributed by atoms with Crippen LogP contribution in [-0.4, -0.2) is 69.7 Å². The Bertz CT molecular complexity index is 2890. The van der Waals surface area contributed by atoms with E-state index in [1.807, 2.05) is 45.5 Å². The molecule has 4 heterocycles. The summed E-state index contributed by atoms with van der Waals surface area (Å²) in [5.41, 5.74) is 11.3. The van der Waals surface area contributed by atoms with Crippen molar-refractivity contribution in [1.82, 2.24) is 59.5 Å². The summed E-state index contributed by atoms with van der Waals surface area (Å²) in [5, 5.41) is 48.1. The van der Waals surface area contributed by atoms with Gasteiger partial charge in [0.05, 0.1) is 37.7 Å². The first-order valence-corrected chi connectivity index (χ1v) is 23.8. The lowest BCUT2D eigenvalue weighted by atomic mass is 9.98. The minimum absolute atomic E-state index is 0.165. The Kier molecular flexibility index (Phi) is 14.6. The van der Waals surface area contributed by atoms with Gasteiger partial charge in [0.1, 0.15) is 11.6 Å². The molecule has 0 amide bonds. The average molecular weight is 948 g/mol. The first-order valence-electron chi connectivity index (χ1n) is 23.0. The van der Waals surface area contributed by atoms with Crippen molar-refractivity contribution in [3.8, 4) is 45.0 Å². The highest BCUT2D eigenvalue weighted by Crippen LogP contribution is 2.32. The van der Waals surface area contributed by atoms with Crippen molar-refractivity contribution >= 4 is 23.2 Å². The average Bonchev–Trinajstić information content (AvgIpc) is 4.17. The van der Waals surface area contributed by atoms with Crippen LogP contribution in [-0.2, 0) is 52.2 Å². The molecule has 16 heteroatoms. The zero-order chi connectivity index (χ0) is 47.0. The van der Waals surface area contributed by atoms with E-state index in [-0.39, 0.29) is 13.2 Å². The third kappa shape index (κ3) is 10.3. The number of aromatic nitrogens is 12. The number of hydrogen-bond acceptors (Lipinski definition) is 10. The molecule has 0 radical (unpaired) electrons. The summed E-state index contributed by atoms with van der Waals surface area (Å²) in [7, 11) is 0. The molecule has 0 aliphatic carbocycles. The van der Waals surface area contributed by atoms with Crippen LogP contribution in [0, 0.1) is 0 Å². The van der Waals surface area contributed by atoms with Crippen LogP contribution in [0.2, 0.25) is 10.3 Å². The molecule has 68 heavy (non-hydrogen) atoms. The Morgan fingerprint density at radius 2 is 0.809 bits per heavy atom. The van der Waals surface area contributed by atoms with Crippen LogP contribution in [0.5, 0.6) is 0 Å².